The van der Waals surface area contributed by atoms with Crippen molar-refractivity contribution in [3.8, 4) is 11.1 Å². The molecular formula is C23H21BO2S. The fourth-order valence-electron chi connectivity index (χ4n) is 3.72. The van der Waals surface area contributed by atoms with E-state index in [0.29, 0.717) is 0 Å². The first-order valence-corrected chi connectivity index (χ1v) is 10.2. The van der Waals surface area contributed by atoms with Crippen molar-refractivity contribution in [1.29, 1.82) is 0 Å². The van der Waals surface area contributed by atoms with Gasteiger partial charge in [-0.25, -0.2) is 0 Å². The van der Waals surface area contributed by atoms with Crippen LogP contribution in [0.15, 0.2) is 66.7 Å². The summed E-state index contributed by atoms with van der Waals surface area (Å²) in [6.07, 6.45) is 0.0668. The van der Waals surface area contributed by atoms with Crippen LogP contribution in [0, 0.1) is 0 Å². The highest BCUT2D eigenvalue weighted by Gasteiger charge is 2.43. The molecule has 0 spiro atoms. The van der Waals surface area contributed by atoms with Crippen molar-refractivity contribution in [3.05, 3.63) is 66.7 Å². The molecule has 4 heteroatoms. The van der Waals surface area contributed by atoms with Gasteiger partial charge in [-0.3, -0.25) is 0 Å². The molecule has 5 rings (SSSR count). The van der Waals surface area contributed by atoms with Crippen molar-refractivity contribution in [2.75, 3.05) is 0 Å². The molecule has 27 heavy (non-hydrogen) atoms. The van der Waals surface area contributed by atoms with Crippen LogP contribution in [-0.2, 0) is 9.31 Å². The van der Waals surface area contributed by atoms with Gasteiger partial charge in [-0.1, -0.05) is 60.7 Å². The predicted molar refractivity (Wildman–Crippen MR) is 116 cm³/mol. The standard InChI is InChI=1S/C23H21BO2S/c1-15-23(2,3)26-24(25-15)17-9-6-8-16(14-17)18-11-7-12-20-19-10-4-5-13-21(19)27-22(18)20/h4-15H,1-3H3. The SMILES string of the molecule is CC1OB(c2cccc(-c3cccc4c3sc3ccccc34)c2)OC1(C)C. The minimum absolute atomic E-state index is 0.0668. The van der Waals surface area contributed by atoms with E-state index < -0.39 is 0 Å². The van der Waals surface area contributed by atoms with E-state index in [0.717, 1.165) is 5.46 Å². The number of rotatable bonds is 2. The summed E-state index contributed by atoms with van der Waals surface area (Å²) in [6.45, 7) is 6.24. The third-order valence-corrected chi connectivity index (χ3v) is 6.81. The van der Waals surface area contributed by atoms with Crippen molar-refractivity contribution in [2.45, 2.75) is 32.5 Å². The zero-order valence-corrected chi connectivity index (χ0v) is 16.5. The first kappa shape index (κ1) is 17.0. The Labute approximate surface area is 163 Å². The van der Waals surface area contributed by atoms with Gasteiger partial charge in [0, 0.05) is 20.2 Å². The second-order valence-corrected chi connectivity index (χ2v) is 8.79. The molecule has 0 saturated carbocycles. The molecule has 1 saturated heterocycles. The van der Waals surface area contributed by atoms with Gasteiger partial charge >= 0.3 is 7.12 Å². The molecule has 2 nitrogen and oxygen atoms in total. The van der Waals surface area contributed by atoms with Crippen molar-refractivity contribution >= 4 is 44.1 Å². The average molecular weight is 372 g/mol. The first-order chi connectivity index (χ1) is 13.0. The summed E-state index contributed by atoms with van der Waals surface area (Å²) < 4.78 is 14.9. The lowest BCUT2D eigenvalue weighted by atomic mass is 9.78. The normalized spacial score (nSPS) is 19.2. The molecule has 1 fully saturated rings. The minimum Gasteiger partial charge on any atom is -0.402 e. The summed E-state index contributed by atoms with van der Waals surface area (Å²) in [4.78, 5) is 0. The number of fused-ring (bicyclic) bond motifs is 3. The Balaban J connectivity index is 1.62. The Morgan fingerprint density at radius 2 is 1.70 bits per heavy atom. The van der Waals surface area contributed by atoms with Crippen molar-refractivity contribution < 1.29 is 9.31 Å². The summed E-state index contributed by atoms with van der Waals surface area (Å²) in [6, 6.07) is 23.8. The lowest BCUT2D eigenvalue weighted by Gasteiger charge is -2.21. The molecule has 4 aromatic rings. The molecule has 0 aliphatic carbocycles. The van der Waals surface area contributed by atoms with Crippen LogP contribution in [0.2, 0.25) is 0 Å². The molecule has 1 aliphatic rings. The van der Waals surface area contributed by atoms with Gasteiger partial charge in [0.25, 0.3) is 0 Å². The van der Waals surface area contributed by atoms with Crippen LogP contribution in [-0.4, -0.2) is 18.8 Å². The molecule has 0 amide bonds. The van der Waals surface area contributed by atoms with Gasteiger partial charge in [0.05, 0.1) is 11.7 Å². The fraction of sp³-hybridized carbons (Fsp3) is 0.217. The molecule has 0 N–H and O–H groups in total. The van der Waals surface area contributed by atoms with E-state index in [1.807, 2.05) is 11.3 Å². The number of hydrogen-bond donors (Lipinski definition) is 0. The van der Waals surface area contributed by atoms with Crippen molar-refractivity contribution in [1.82, 2.24) is 0 Å². The summed E-state index contributed by atoms with van der Waals surface area (Å²) in [5.74, 6) is 0. The van der Waals surface area contributed by atoms with E-state index >= 15 is 0 Å². The molecular weight excluding hydrogens is 351 g/mol. The number of benzene rings is 3. The van der Waals surface area contributed by atoms with Crippen molar-refractivity contribution in [3.63, 3.8) is 0 Å². The third kappa shape index (κ3) is 2.80. The van der Waals surface area contributed by atoms with Gasteiger partial charge in [0.15, 0.2) is 0 Å². The van der Waals surface area contributed by atoms with Crippen LogP contribution < -0.4 is 5.46 Å². The molecule has 1 aliphatic heterocycles. The van der Waals surface area contributed by atoms with Crippen molar-refractivity contribution in [2.24, 2.45) is 0 Å². The van der Waals surface area contributed by atoms with E-state index in [2.05, 4.69) is 87.5 Å². The van der Waals surface area contributed by atoms with Crippen LogP contribution in [0.4, 0.5) is 0 Å². The molecule has 3 aromatic carbocycles. The maximum atomic E-state index is 6.15. The van der Waals surface area contributed by atoms with E-state index in [4.69, 9.17) is 9.31 Å². The third-order valence-electron chi connectivity index (χ3n) is 5.59. The zero-order chi connectivity index (χ0) is 18.6. The highest BCUT2D eigenvalue weighted by atomic mass is 32.1. The monoisotopic (exact) mass is 372 g/mol. The van der Waals surface area contributed by atoms with E-state index in [1.165, 1.54) is 31.3 Å². The molecule has 0 bridgehead atoms. The maximum Gasteiger partial charge on any atom is 0.494 e. The number of thiophene rings is 1. The summed E-state index contributed by atoms with van der Waals surface area (Å²) in [5, 5.41) is 2.65. The van der Waals surface area contributed by atoms with E-state index in [9.17, 15) is 0 Å². The Kier molecular flexibility index (Phi) is 3.90. The largest absolute Gasteiger partial charge is 0.494 e. The molecule has 1 unspecified atom stereocenters. The Hall–Kier alpha value is -2.14. The van der Waals surface area contributed by atoms with Gasteiger partial charge < -0.3 is 9.31 Å². The zero-order valence-electron chi connectivity index (χ0n) is 15.7. The lowest BCUT2D eigenvalue weighted by molar-refractivity contribution is 0.0842. The fourth-order valence-corrected chi connectivity index (χ4v) is 4.96. The smallest absolute Gasteiger partial charge is 0.402 e. The minimum atomic E-state index is -0.309. The lowest BCUT2D eigenvalue weighted by Crippen LogP contribution is -2.34. The Morgan fingerprint density at radius 3 is 2.52 bits per heavy atom. The van der Waals surface area contributed by atoms with E-state index in [-0.39, 0.29) is 18.8 Å². The van der Waals surface area contributed by atoms with Crippen LogP contribution in [0.3, 0.4) is 0 Å². The van der Waals surface area contributed by atoms with E-state index in [1.54, 1.807) is 0 Å². The van der Waals surface area contributed by atoms with Crippen LogP contribution in [0.5, 0.6) is 0 Å². The van der Waals surface area contributed by atoms with Crippen LogP contribution >= 0.6 is 11.3 Å². The summed E-state index contributed by atoms with van der Waals surface area (Å²) in [7, 11) is -0.309. The molecule has 134 valence electrons. The van der Waals surface area contributed by atoms with Gasteiger partial charge in [-0.05, 0) is 43.4 Å². The van der Waals surface area contributed by atoms with Gasteiger partial charge in [0.2, 0.25) is 0 Å². The maximum absolute atomic E-state index is 6.15. The first-order valence-electron chi connectivity index (χ1n) is 9.37. The van der Waals surface area contributed by atoms with Gasteiger partial charge in [-0.15, -0.1) is 11.3 Å². The Bertz CT molecular complexity index is 1150. The number of hydrogen-bond acceptors (Lipinski definition) is 3. The molecule has 1 atom stereocenters. The molecule has 2 heterocycles. The molecule has 1 aromatic heterocycles. The average Bonchev–Trinajstić information content (AvgIpc) is 3.18. The Morgan fingerprint density at radius 1 is 0.926 bits per heavy atom. The highest BCUT2D eigenvalue weighted by molar-refractivity contribution is 7.26. The van der Waals surface area contributed by atoms with Crippen LogP contribution in [0.1, 0.15) is 20.8 Å². The predicted octanol–water partition coefficient (Wildman–Crippen LogP) is 5.63. The topological polar surface area (TPSA) is 18.5 Å². The molecule has 0 radical (unpaired) electrons. The summed E-state index contributed by atoms with van der Waals surface area (Å²) >= 11 is 1.86. The highest BCUT2D eigenvalue weighted by Crippen LogP contribution is 2.39. The quantitative estimate of drug-likeness (QED) is 0.425. The second kappa shape index (κ2) is 6.20. The van der Waals surface area contributed by atoms with Crippen LogP contribution in [0.25, 0.3) is 31.3 Å². The summed E-state index contributed by atoms with van der Waals surface area (Å²) in [5.41, 5.74) is 3.27. The van der Waals surface area contributed by atoms with Gasteiger partial charge in [-0.2, -0.15) is 0 Å². The second-order valence-electron chi connectivity index (χ2n) is 7.74. The van der Waals surface area contributed by atoms with Gasteiger partial charge in [0.1, 0.15) is 0 Å².